The molecular formula is C16H19N3O4. The standard InChI is InChI=1S/C16H19N3O4/c1-11-2-4-13(5-3-11)19-9-12(8-15(19)21)17-14(20)10-18-6-7-23-16(18)22/h2-5,12H,6-10H2,1H3,(H,17,20)/t12-/m0/s1. The number of ether oxygens (including phenoxy) is 1. The van der Waals surface area contributed by atoms with Gasteiger partial charge in [-0.3, -0.25) is 14.5 Å². The van der Waals surface area contributed by atoms with Crippen LogP contribution in [0.15, 0.2) is 24.3 Å². The van der Waals surface area contributed by atoms with Gasteiger partial charge in [-0.05, 0) is 19.1 Å². The first-order valence-electron chi connectivity index (χ1n) is 7.61. The van der Waals surface area contributed by atoms with Crippen molar-refractivity contribution in [3.05, 3.63) is 29.8 Å². The summed E-state index contributed by atoms with van der Waals surface area (Å²) in [6.45, 7) is 3.13. The maximum absolute atomic E-state index is 12.1. The Balaban J connectivity index is 1.56. The number of rotatable bonds is 4. The monoisotopic (exact) mass is 317 g/mol. The lowest BCUT2D eigenvalue weighted by molar-refractivity contribution is -0.122. The number of nitrogens with one attached hydrogen (secondary N) is 1. The van der Waals surface area contributed by atoms with E-state index in [1.54, 1.807) is 4.90 Å². The van der Waals surface area contributed by atoms with Crippen LogP contribution in [0.3, 0.4) is 0 Å². The summed E-state index contributed by atoms with van der Waals surface area (Å²) in [6, 6.07) is 7.46. The minimum absolute atomic E-state index is 0.0141. The third-order valence-electron chi connectivity index (χ3n) is 4.02. The summed E-state index contributed by atoms with van der Waals surface area (Å²) >= 11 is 0. The first-order valence-corrected chi connectivity index (χ1v) is 7.61. The van der Waals surface area contributed by atoms with Crippen molar-refractivity contribution in [2.24, 2.45) is 0 Å². The maximum Gasteiger partial charge on any atom is 0.410 e. The molecule has 2 saturated heterocycles. The van der Waals surface area contributed by atoms with Crippen LogP contribution in [-0.4, -0.2) is 55.1 Å². The number of hydrogen-bond donors (Lipinski definition) is 1. The zero-order valence-corrected chi connectivity index (χ0v) is 12.9. The molecule has 1 aromatic rings. The number of cyclic esters (lactones) is 1. The van der Waals surface area contributed by atoms with Crippen LogP contribution in [-0.2, 0) is 14.3 Å². The van der Waals surface area contributed by atoms with Gasteiger partial charge in [0, 0.05) is 18.7 Å². The second-order valence-corrected chi connectivity index (χ2v) is 5.84. The van der Waals surface area contributed by atoms with Gasteiger partial charge < -0.3 is 15.0 Å². The molecule has 2 aliphatic rings. The van der Waals surface area contributed by atoms with Crippen molar-refractivity contribution in [1.82, 2.24) is 10.2 Å². The first-order chi connectivity index (χ1) is 11.0. The van der Waals surface area contributed by atoms with Gasteiger partial charge >= 0.3 is 6.09 Å². The summed E-state index contributed by atoms with van der Waals surface area (Å²) < 4.78 is 4.78. The number of nitrogens with zero attached hydrogens (tertiary/aromatic N) is 2. The first kappa shape index (κ1) is 15.3. The van der Waals surface area contributed by atoms with Crippen molar-refractivity contribution < 1.29 is 19.1 Å². The SMILES string of the molecule is Cc1ccc(N2C[C@@H](NC(=O)CN3CCOC3=O)CC2=O)cc1. The van der Waals surface area contributed by atoms with Crippen LogP contribution < -0.4 is 10.2 Å². The van der Waals surface area contributed by atoms with Gasteiger partial charge in [-0.2, -0.15) is 0 Å². The van der Waals surface area contributed by atoms with Gasteiger partial charge in [-0.1, -0.05) is 17.7 Å². The molecule has 3 rings (SSSR count). The third kappa shape index (κ3) is 3.44. The molecule has 0 radical (unpaired) electrons. The summed E-state index contributed by atoms with van der Waals surface area (Å²) in [5.74, 6) is -0.285. The highest BCUT2D eigenvalue weighted by Gasteiger charge is 2.32. The van der Waals surface area contributed by atoms with Crippen LogP contribution in [0.25, 0.3) is 0 Å². The predicted molar refractivity (Wildman–Crippen MR) is 83.0 cm³/mol. The second kappa shape index (κ2) is 6.28. The number of anilines is 1. The van der Waals surface area contributed by atoms with Crippen LogP contribution in [0.4, 0.5) is 10.5 Å². The summed E-state index contributed by atoms with van der Waals surface area (Å²) in [6.07, 6.45) is -0.201. The lowest BCUT2D eigenvalue weighted by Gasteiger charge is -2.18. The molecule has 2 aliphatic heterocycles. The molecule has 0 bridgehead atoms. The van der Waals surface area contributed by atoms with Gasteiger partial charge in [0.05, 0.1) is 12.6 Å². The summed E-state index contributed by atoms with van der Waals surface area (Å²) in [7, 11) is 0. The van der Waals surface area contributed by atoms with E-state index >= 15 is 0 Å². The minimum atomic E-state index is -0.469. The molecule has 1 N–H and O–H groups in total. The Kier molecular flexibility index (Phi) is 4.18. The number of aryl methyl sites for hydroxylation is 1. The van der Waals surface area contributed by atoms with Gasteiger partial charge in [0.2, 0.25) is 11.8 Å². The number of hydrogen-bond acceptors (Lipinski definition) is 4. The highest BCUT2D eigenvalue weighted by molar-refractivity contribution is 5.97. The fourth-order valence-electron chi connectivity index (χ4n) is 2.79. The fourth-order valence-corrected chi connectivity index (χ4v) is 2.79. The molecule has 0 saturated carbocycles. The van der Waals surface area contributed by atoms with E-state index in [-0.39, 0.29) is 30.8 Å². The zero-order valence-electron chi connectivity index (χ0n) is 12.9. The van der Waals surface area contributed by atoms with E-state index < -0.39 is 6.09 Å². The molecule has 0 aliphatic carbocycles. The number of carbonyl (C=O) groups excluding carboxylic acids is 3. The van der Waals surface area contributed by atoms with E-state index in [4.69, 9.17) is 4.74 Å². The Morgan fingerprint density at radius 1 is 1.30 bits per heavy atom. The zero-order chi connectivity index (χ0) is 16.4. The average Bonchev–Trinajstić information content (AvgIpc) is 3.06. The molecule has 1 atom stereocenters. The van der Waals surface area contributed by atoms with Crippen molar-refractivity contribution in [2.75, 3.05) is 31.1 Å². The van der Waals surface area contributed by atoms with Gasteiger partial charge in [-0.25, -0.2) is 4.79 Å². The molecule has 7 heteroatoms. The smallest absolute Gasteiger partial charge is 0.410 e. The van der Waals surface area contributed by atoms with E-state index in [1.165, 1.54) is 4.90 Å². The molecule has 7 nitrogen and oxygen atoms in total. The Bertz CT molecular complexity index is 629. The molecule has 122 valence electrons. The Hall–Kier alpha value is -2.57. The highest BCUT2D eigenvalue weighted by atomic mass is 16.6. The largest absolute Gasteiger partial charge is 0.448 e. The van der Waals surface area contributed by atoms with Crippen molar-refractivity contribution >= 4 is 23.6 Å². The third-order valence-corrected chi connectivity index (χ3v) is 4.02. The lowest BCUT2D eigenvalue weighted by Crippen LogP contribution is -2.43. The van der Waals surface area contributed by atoms with Crippen LogP contribution in [0.1, 0.15) is 12.0 Å². The van der Waals surface area contributed by atoms with Crippen LogP contribution >= 0.6 is 0 Å². The lowest BCUT2D eigenvalue weighted by atomic mass is 10.2. The number of amides is 3. The molecule has 2 heterocycles. The van der Waals surface area contributed by atoms with Crippen molar-refractivity contribution in [2.45, 2.75) is 19.4 Å². The van der Waals surface area contributed by atoms with Gasteiger partial charge in [-0.15, -0.1) is 0 Å². The van der Waals surface area contributed by atoms with E-state index in [2.05, 4.69) is 5.32 Å². The number of carbonyl (C=O) groups is 3. The second-order valence-electron chi connectivity index (χ2n) is 5.84. The van der Waals surface area contributed by atoms with Crippen LogP contribution in [0.2, 0.25) is 0 Å². The molecule has 23 heavy (non-hydrogen) atoms. The molecule has 0 aromatic heterocycles. The number of benzene rings is 1. The van der Waals surface area contributed by atoms with Gasteiger partial charge in [0.25, 0.3) is 0 Å². The Morgan fingerprint density at radius 2 is 2.04 bits per heavy atom. The van der Waals surface area contributed by atoms with Crippen molar-refractivity contribution in [3.8, 4) is 0 Å². The van der Waals surface area contributed by atoms with Gasteiger partial charge in [0.1, 0.15) is 13.2 Å². The molecule has 2 fully saturated rings. The molecule has 0 unspecified atom stereocenters. The van der Waals surface area contributed by atoms with E-state index in [1.807, 2.05) is 31.2 Å². The fraction of sp³-hybridized carbons (Fsp3) is 0.438. The summed E-state index contributed by atoms with van der Waals surface area (Å²) in [5, 5.41) is 2.82. The maximum atomic E-state index is 12.1. The normalized spacial score (nSPS) is 20.8. The topological polar surface area (TPSA) is 79.0 Å². The molecule has 0 spiro atoms. The van der Waals surface area contributed by atoms with Crippen LogP contribution in [0.5, 0.6) is 0 Å². The predicted octanol–water partition coefficient (Wildman–Crippen LogP) is 0.669. The Labute approximate surface area is 134 Å². The van der Waals surface area contributed by atoms with E-state index in [0.29, 0.717) is 19.7 Å². The molecular weight excluding hydrogens is 298 g/mol. The summed E-state index contributed by atoms with van der Waals surface area (Å²) in [4.78, 5) is 38.5. The minimum Gasteiger partial charge on any atom is -0.448 e. The molecule has 1 aromatic carbocycles. The molecule has 3 amide bonds. The summed E-state index contributed by atoms with van der Waals surface area (Å²) in [5.41, 5.74) is 1.96. The average molecular weight is 317 g/mol. The van der Waals surface area contributed by atoms with Crippen molar-refractivity contribution in [1.29, 1.82) is 0 Å². The van der Waals surface area contributed by atoms with E-state index in [9.17, 15) is 14.4 Å². The van der Waals surface area contributed by atoms with Crippen LogP contribution in [0, 0.1) is 6.92 Å². The van der Waals surface area contributed by atoms with E-state index in [0.717, 1.165) is 11.3 Å². The highest BCUT2D eigenvalue weighted by Crippen LogP contribution is 2.22. The quantitative estimate of drug-likeness (QED) is 0.885. The Morgan fingerprint density at radius 3 is 2.70 bits per heavy atom. The van der Waals surface area contributed by atoms with Gasteiger partial charge in [0.15, 0.2) is 0 Å². The van der Waals surface area contributed by atoms with Crippen molar-refractivity contribution in [3.63, 3.8) is 0 Å².